The molecule has 4 nitrogen and oxygen atoms in total. The molecule has 0 amide bonds. The Kier molecular flexibility index (Phi) is 4.86. The second-order valence-electron chi connectivity index (χ2n) is 9.29. The van der Waals surface area contributed by atoms with Crippen LogP contribution in [-0.4, -0.2) is 30.4 Å². The molecule has 4 rings (SSSR count). The Morgan fingerprint density at radius 3 is 2.21 bits per heavy atom. The van der Waals surface area contributed by atoms with Gasteiger partial charge in [0.15, 0.2) is 0 Å². The molecule has 2 aliphatic heterocycles. The molecule has 3 aliphatic rings. The zero-order chi connectivity index (χ0) is 20.0. The fourth-order valence-corrected chi connectivity index (χ4v) is 4.16. The van der Waals surface area contributed by atoms with Crippen LogP contribution in [0.5, 0.6) is 0 Å². The van der Waals surface area contributed by atoms with E-state index in [0.717, 1.165) is 12.0 Å². The molecule has 5 heteroatoms. The van der Waals surface area contributed by atoms with Gasteiger partial charge in [-0.2, -0.15) is 0 Å². The largest absolute Gasteiger partial charge is 0.492 e. The van der Waals surface area contributed by atoms with Crippen molar-refractivity contribution in [3.8, 4) is 0 Å². The van der Waals surface area contributed by atoms with Gasteiger partial charge in [0.05, 0.1) is 17.8 Å². The summed E-state index contributed by atoms with van der Waals surface area (Å²) in [7, 11) is -0.451. The number of hydrogen-bond acceptors (Lipinski definition) is 4. The summed E-state index contributed by atoms with van der Waals surface area (Å²) in [4.78, 5) is 0. The van der Waals surface area contributed by atoms with Gasteiger partial charge in [-0.1, -0.05) is 54.6 Å². The predicted octanol–water partition coefficient (Wildman–Crippen LogP) is 4.80. The normalized spacial score (nSPS) is 36.6. The Balaban J connectivity index is 1.71. The second-order valence-corrected chi connectivity index (χ2v) is 9.29. The van der Waals surface area contributed by atoms with Crippen LogP contribution in [0.15, 0.2) is 54.6 Å². The maximum Gasteiger partial charge on any atom is 0.492 e. The minimum absolute atomic E-state index is 0.0851. The summed E-state index contributed by atoms with van der Waals surface area (Å²) >= 11 is 0. The average Bonchev–Trinajstić information content (AvgIpc) is 2.91. The summed E-state index contributed by atoms with van der Waals surface area (Å²) in [5, 5.41) is 0. The SMILES string of the molecule is CC1(B2OC(C)(C)C(C)(C)O2)CCOC(c2ccccc2)(C2C=CC=CC2)O1. The van der Waals surface area contributed by atoms with Crippen molar-refractivity contribution in [3.05, 3.63) is 60.2 Å². The Labute approximate surface area is 169 Å². The van der Waals surface area contributed by atoms with E-state index in [4.69, 9.17) is 18.8 Å². The first-order valence-electron chi connectivity index (χ1n) is 10.3. The lowest BCUT2D eigenvalue weighted by Gasteiger charge is -2.50. The number of rotatable bonds is 3. The number of hydrogen-bond donors (Lipinski definition) is 0. The van der Waals surface area contributed by atoms with Crippen molar-refractivity contribution < 1.29 is 18.8 Å². The molecular weight excluding hydrogens is 351 g/mol. The number of benzene rings is 1. The van der Waals surface area contributed by atoms with Crippen molar-refractivity contribution in [2.45, 2.75) is 69.9 Å². The van der Waals surface area contributed by atoms with Crippen LogP contribution in [0.1, 0.15) is 53.0 Å². The molecule has 2 heterocycles. The van der Waals surface area contributed by atoms with E-state index in [0.29, 0.717) is 13.0 Å². The van der Waals surface area contributed by atoms with Crippen LogP contribution in [-0.2, 0) is 24.6 Å². The van der Waals surface area contributed by atoms with Crippen LogP contribution in [0.2, 0.25) is 0 Å². The molecule has 28 heavy (non-hydrogen) atoms. The zero-order valence-electron chi connectivity index (χ0n) is 17.6. The summed E-state index contributed by atoms with van der Waals surface area (Å²) in [6.07, 6.45) is 10.1. The third kappa shape index (κ3) is 3.19. The third-order valence-electron chi connectivity index (χ3n) is 6.70. The Hall–Kier alpha value is -1.40. The fourth-order valence-electron chi connectivity index (χ4n) is 4.16. The Morgan fingerprint density at radius 2 is 1.61 bits per heavy atom. The maximum absolute atomic E-state index is 6.90. The van der Waals surface area contributed by atoms with Gasteiger partial charge in [0.25, 0.3) is 0 Å². The molecule has 2 fully saturated rings. The second kappa shape index (κ2) is 6.84. The molecule has 0 aromatic heterocycles. The van der Waals surface area contributed by atoms with Crippen LogP contribution in [0.3, 0.4) is 0 Å². The van der Waals surface area contributed by atoms with E-state index in [1.165, 1.54) is 0 Å². The lowest BCUT2D eigenvalue weighted by atomic mass is 9.65. The first-order chi connectivity index (χ1) is 13.2. The van der Waals surface area contributed by atoms with E-state index in [1.54, 1.807) is 0 Å². The molecule has 0 spiro atoms. The van der Waals surface area contributed by atoms with Gasteiger partial charge in [0, 0.05) is 11.5 Å². The molecule has 150 valence electrons. The Bertz CT molecular complexity index is 756. The molecule has 1 aromatic carbocycles. The molecule has 0 N–H and O–H groups in total. The number of allylic oxidation sites excluding steroid dienone is 3. The average molecular weight is 382 g/mol. The molecule has 0 saturated carbocycles. The van der Waals surface area contributed by atoms with Gasteiger partial charge < -0.3 is 18.8 Å². The van der Waals surface area contributed by atoms with Crippen molar-refractivity contribution in [2.75, 3.05) is 6.61 Å². The van der Waals surface area contributed by atoms with E-state index in [9.17, 15) is 0 Å². The molecule has 3 unspecified atom stereocenters. The molecule has 0 radical (unpaired) electrons. The lowest BCUT2D eigenvalue weighted by molar-refractivity contribution is -0.335. The molecule has 3 atom stereocenters. The van der Waals surface area contributed by atoms with Gasteiger partial charge in [0.1, 0.15) is 5.50 Å². The summed E-state index contributed by atoms with van der Waals surface area (Å²) in [5.41, 5.74) is -0.382. The van der Waals surface area contributed by atoms with E-state index in [1.807, 2.05) is 18.2 Å². The summed E-state index contributed by atoms with van der Waals surface area (Å²) in [5.74, 6) is -0.777. The standard InChI is InChI=1S/C23H31BO4/c1-20(2)21(3,4)28-24(27-20)22(5)16-17-25-23(26-22,18-12-8-6-9-13-18)19-14-10-7-11-15-19/h6-14,19H,15-17H2,1-5H3. The minimum Gasteiger partial charge on any atom is -0.401 e. The summed E-state index contributed by atoms with van der Waals surface area (Å²) in [6, 6.07) is 10.3. The predicted molar refractivity (Wildman–Crippen MR) is 111 cm³/mol. The first-order valence-corrected chi connectivity index (χ1v) is 10.3. The van der Waals surface area contributed by atoms with E-state index in [-0.39, 0.29) is 5.92 Å². The monoisotopic (exact) mass is 382 g/mol. The lowest BCUT2D eigenvalue weighted by Crippen LogP contribution is -2.59. The third-order valence-corrected chi connectivity index (χ3v) is 6.70. The highest BCUT2D eigenvalue weighted by atomic mass is 16.7. The van der Waals surface area contributed by atoms with E-state index < -0.39 is 29.6 Å². The summed E-state index contributed by atoms with van der Waals surface area (Å²) in [6.45, 7) is 11.0. The fraction of sp³-hybridized carbons (Fsp3) is 0.565. The van der Waals surface area contributed by atoms with Crippen LogP contribution in [0, 0.1) is 5.92 Å². The van der Waals surface area contributed by atoms with E-state index >= 15 is 0 Å². The summed E-state index contributed by atoms with van der Waals surface area (Å²) < 4.78 is 26.1. The van der Waals surface area contributed by atoms with Crippen LogP contribution in [0.25, 0.3) is 0 Å². The molecule has 2 saturated heterocycles. The van der Waals surface area contributed by atoms with Crippen LogP contribution < -0.4 is 0 Å². The van der Waals surface area contributed by atoms with Crippen molar-refractivity contribution in [2.24, 2.45) is 5.92 Å². The van der Waals surface area contributed by atoms with Gasteiger partial charge in [-0.15, -0.1) is 0 Å². The molecule has 1 aliphatic carbocycles. The zero-order valence-corrected chi connectivity index (χ0v) is 17.6. The maximum atomic E-state index is 6.90. The Morgan fingerprint density at radius 1 is 0.929 bits per heavy atom. The van der Waals surface area contributed by atoms with Crippen LogP contribution >= 0.6 is 0 Å². The van der Waals surface area contributed by atoms with Gasteiger partial charge in [-0.25, -0.2) is 0 Å². The highest BCUT2D eigenvalue weighted by molar-refractivity contribution is 6.49. The van der Waals surface area contributed by atoms with Crippen molar-refractivity contribution in [3.63, 3.8) is 0 Å². The minimum atomic E-state index is -0.862. The quantitative estimate of drug-likeness (QED) is 0.704. The van der Waals surface area contributed by atoms with Gasteiger partial charge in [-0.05, 0) is 47.5 Å². The number of ether oxygens (including phenoxy) is 2. The molecular formula is C23H31BO4. The van der Waals surface area contributed by atoms with Gasteiger partial charge >= 0.3 is 7.12 Å². The molecule has 0 bridgehead atoms. The smallest absolute Gasteiger partial charge is 0.401 e. The first kappa shape index (κ1) is 19.9. The van der Waals surface area contributed by atoms with E-state index in [2.05, 4.69) is 71.1 Å². The van der Waals surface area contributed by atoms with Gasteiger partial charge in [-0.3, -0.25) is 0 Å². The highest BCUT2D eigenvalue weighted by Crippen LogP contribution is 2.49. The van der Waals surface area contributed by atoms with Crippen LogP contribution in [0.4, 0.5) is 0 Å². The highest BCUT2D eigenvalue weighted by Gasteiger charge is 2.62. The van der Waals surface area contributed by atoms with Crippen molar-refractivity contribution in [1.82, 2.24) is 0 Å². The van der Waals surface area contributed by atoms with Gasteiger partial charge in [0.2, 0.25) is 5.79 Å². The topological polar surface area (TPSA) is 36.9 Å². The van der Waals surface area contributed by atoms with Crippen molar-refractivity contribution >= 4 is 7.12 Å². The van der Waals surface area contributed by atoms with Crippen molar-refractivity contribution in [1.29, 1.82) is 0 Å². The molecule has 1 aromatic rings.